The molecule has 11 heteroatoms. The molecule has 3 atom stereocenters. The molecular weight excluding hydrogens is 540 g/mol. The second kappa shape index (κ2) is 12.0. The first kappa shape index (κ1) is 30.2. The number of nitriles is 1. The van der Waals surface area contributed by atoms with E-state index < -0.39 is 34.9 Å². The van der Waals surface area contributed by atoms with Crippen molar-refractivity contribution in [2.45, 2.75) is 77.9 Å². The molecule has 2 fully saturated rings. The average Bonchev–Trinajstić information content (AvgIpc) is 3.37. The highest BCUT2D eigenvalue weighted by Crippen LogP contribution is 2.45. The van der Waals surface area contributed by atoms with Crippen LogP contribution in [0.25, 0.3) is 10.4 Å². The van der Waals surface area contributed by atoms with Gasteiger partial charge >= 0.3 is 0 Å². The summed E-state index contributed by atoms with van der Waals surface area (Å²) in [5.41, 5.74) is 2.81. The topological polar surface area (TPSA) is 144 Å². The zero-order chi connectivity index (χ0) is 29.9. The molecule has 2 aromatic rings. The number of aryl methyl sites for hydroxylation is 1. The van der Waals surface area contributed by atoms with Crippen molar-refractivity contribution >= 4 is 35.0 Å². The Morgan fingerprint density at radius 1 is 1.17 bits per heavy atom. The van der Waals surface area contributed by atoms with Gasteiger partial charge in [-0.05, 0) is 49.1 Å². The maximum absolute atomic E-state index is 13.8. The molecule has 3 N–H and O–H groups in total. The molecule has 10 nitrogen and oxygen atoms in total. The Labute approximate surface area is 244 Å². The number of amides is 4. The largest absolute Gasteiger partial charge is 0.359 e. The Morgan fingerprint density at radius 3 is 2.39 bits per heavy atom. The van der Waals surface area contributed by atoms with Crippen molar-refractivity contribution in [3.63, 3.8) is 0 Å². The van der Waals surface area contributed by atoms with Crippen LogP contribution in [0.2, 0.25) is 0 Å². The van der Waals surface area contributed by atoms with Crippen LogP contribution in [0.3, 0.4) is 0 Å². The van der Waals surface area contributed by atoms with Gasteiger partial charge in [-0.1, -0.05) is 45.0 Å². The van der Waals surface area contributed by atoms with Gasteiger partial charge in [-0.2, -0.15) is 5.26 Å². The zero-order valence-corrected chi connectivity index (χ0v) is 25.1. The van der Waals surface area contributed by atoms with Crippen molar-refractivity contribution < 1.29 is 19.2 Å². The molecule has 2 aliphatic rings. The second-order valence-corrected chi connectivity index (χ2v) is 12.8. The third-order valence-electron chi connectivity index (χ3n) is 7.93. The molecule has 1 aliphatic heterocycles. The minimum absolute atomic E-state index is 0.0404. The Bertz CT molecular complexity index is 1350. The number of aromatic nitrogens is 1. The minimum Gasteiger partial charge on any atom is -0.359 e. The smallest absolute Gasteiger partial charge is 0.246 e. The number of hydrogen-bond donors (Lipinski definition) is 3. The molecule has 0 spiro atoms. The summed E-state index contributed by atoms with van der Waals surface area (Å²) in [7, 11) is 1.55. The first-order chi connectivity index (χ1) is 19.4. The predicted octanol–water partition coefficient (Wildman–Crippen LogP) is 3.24. The van der Waals surface area contributed by atoms with E-state index in [0.29, 0.717) is 32.2 Å². The first-order valence-electron chi connectivity index (χ1n) is 13.9. The van der Waals surface area contributed by atoms with Crippen molar-refractivity contribution in [2.24, 2.45) is 10.8 Å². The van der Waals surface area contributed by atoms with E-state index in [1.165, 1.54) is 4.90 Å². The summed E-state index contributed by atoms with van der Waals surface area (Å²) in [6.07, 6.45) is 2.11. The normalized spacial score (nSPS) is 19.0. The van der Waals surface area contributed by atoms with Crippen molar-refractivity contribution in [1.29, 1.82) is 5.26 Å². The fraction of sp³-hybridized carbons (Fsp3) is 0.533. The quantitative estimate of drug-likeness (QED) is 0.417. The van der Waals surface area contributed by atoms with Gasteiger partial charge in [0.25, 0.3) is 0 Å². The Hall–Kier alpha value is -3.78. The molecule has 218 valence electrons. The summed E-state index contributed by atoms with van der Waals surface area (Å²) < 4.78 is 0. The van der Waals surface area contributed by atoms with Crippen LogP contribution in [0.15, 0.2) is 29.8 Å². The molecule has 0 bridgehead atoms. The summed E-state index contributed by atoms with van der Waals surface area (Å²) in [4.78, 5) is 59.6. The first-order valence-corrected chi connectivity index (χ1v) is 14.8. The molecule has 4 rings (SSSR count). The van der Waals surface area contributed by atoms with Gasteiger partial charge in [-0.3, -0.25) is 19.2 Å². The van der Waals surface area contributed by atoms with Crippen molar-refractivity contribution in [2.75, 3.05) is 13.6 Å². The van der Waals surface area contributed by atoms with Gasteiger partial charge in [0.2, 0.25) is 23.6 Å². The van der Waals surface area contributed by atoms with E-state index in [1.54, 1.807) is 23.9 Å². The van der Waals surface area contributed by atoms with Gasteiger partial charge in [0.15, 0.2) is 0 Å². The van der Waals surface area contributed by atoms with E-state index >= 15 is 0 Å². The molecule has 1 aliphatic carbocycles. The van der Waals surface area contributed by atoms with E-state index in [2.05, 4.69) is 27.0 Å². The molecule has 1 saturated carbocycles. The summed E-state index contributed by atoms with van der Waals surface area (Å²) >= 11 is 1.55. The molecule has 2 unspecified atom stereocenters. The van der Waals surface area contributed by atoms with E-state index in [1.807, 2.05) is 52.0 Å². The number of nitrogens with one attached hydrogen (secondary N) is 3. The van der Waals surface area contributed by atoms with E-state index in [4.69, 9.17) is 0 Å². The number of rotatable bonds is 9. The Balaban J connectivity index is 1.52. The highest BCUT2D eigenvalue weighted by Gasteiger charge is 2.53. The molecule has 1 aromatic carbocycles. The Morgan fingerprint density at radius 2 is 1.85 bits per heavy atom. The number of likely N-dealkylation sites (tertiary alicyclic amines) is 1. The van der Waals surface area contributed by atoms with Crippen LogP contribution >= 0.6 is 11.3 Å². The third kappa shape index (κ3) is 6.59. The number of carbonyl (C=O) groups is 4. The van der Waals surface area contributed by atoms with E-state index in [0.717, 1.165) is 21.7 Å². The van der Waals surface area contributed by atoms with Crippen LogP contribution < -0.4 is 16.0 Å². The maximum Gasteiger partial charge on any atom is 0.246 e. The number of nitrogens with zero attached hydrogens (tertiary/aromatic N) is 3. The van der Waals surface area contributed by atoms with Crippen molar-refractivity contribution in [3.8, 4) is 16.5 Å². The lowest BCUT2D eigenvalue weighted by atomic mass is 9.85. The van der Waals surface area contributed by atoms with Crippen LogP contribution in [0.5, 0.6) is 0 Å². The lowest BCUT2D eigenvalue weighted by Crippen LogP contribution is -2.58. The second-order valence-electron chi connectivity index (χ2n) is 12.0. The fourth-order valence-electron chi connectivity index (χ4n) is 5.15. The van der Waals surface area contributed by atoms with Gasteiger partial charge < -0.3 is 20.9 Å². The summed E-state index contributed by atoms with van der Waals surface area (Å²) in [5, 5.41) is 17.9. The summed E-state index contributed by atoms with van der Waals surface area (Å²) in [5.74, 6) is -1.35. The summed E-state index contributed by atoms with van der Waals surface area (Å²) in [6.45, 7) is 7.88. The van der Waals surface area contributed by atoms with Gasteiger partial charge in [0.05, 0.1) is 34.6 Å². The number of hydrogen-bond acceptors (Lipinski definition) is 7. The molecule has 1 saturated heterocycles. The van der Waals surface area contributed by atoms with Crippen molar-refractivity contribution in [1.82, 2.24) is 25.8 Å². The fourth-order valence-corrected chi connectivity index (χ4v) is 5.97. The molecule has 1 aromatic heterocycles. The molecular formula is C30H38N6O4S. The monoisotopic (exact) mass is 578 g/mol. The lowest BCUT2D eigenvalue weighted by molar-refractivity contribution is -0.144. The van der Waals surface area contributed by atoms with Crippen LogP contribution in [-0.2, 0) is 19.2 Å². The van der Waals surface area contributed by atoms with Gasteiger partial charge in [0, 0.05) is 13.6 Å². The van der Waals surface area contributed by atoms with E-state index in [-0.39, 0.29) is 24.1 Å². The standard InChI is InChI=1S/C30H38N6O4S/c1-18-24(41-17-33-18)20-10-8-19(9-11-20)21(15-23(37)32-5)34-26(38)22-7-6-14-36(22)27(39)25(29(2,3)4)35-28(40)30(16-31)12-13-30/h8-11,17,21-22,25H,6-7,12-15H2,1-5H3,(H,32,37)(H,34,38)(H,35,40)/t21?,22-,25?/m0/s1. The number of thiazole rings is 1. The molecule has 0 radical (unpaired) electrons. The molecule has 41 heavy (non-hydrogen) atoms. The maximum atomic E-state index is 13.8. The van der Waals surface area contributed by atoms with Crippen LogP contribution in [0.1, 0.15) is 70.2 Å². The zero-order valence-electron chi connectivity index (χ0n) is 24.2. The average molecular weight is 579 g/mol. The predicted molar refractivity (Wildman–Crippen MR) is 155 cm³/mol. The number of carbonyl (C=O) groups excluding carboxylic acids is 4. The van der Waals surface area contributed by atoms with Crippen LogP contribution in [-0.4, -0.2) is 59.2 Å². The van der Waals surface area contributed by atoms with Crippen LogP contribution in [0, 0.1) is 29.1 Å². The van der Waals surface area contributed by atoms with E-state index in [9.17, 15) is 24.4 Å². The van der Waals surface area contributed by atoms with Gasteiger partial charge in [0.1, 0.15) is 17.5 Å². The minimum atomic E-state index is -1.06. The lowest BCUT2D eigenvalue weighted by Gasteiger charge is -2.36. The Kier molecular flexibility index (Phi) is 8.83. The SMILES string of the molecule is CNC(=O)CC(NC(=O)[C@@H]1CCCN1C(=O)C(NC(=O)C1(C#N)CC1)C(C)(C)C)c1ccc(-c2scnc2C)cc1. The summed E-state index contributed by atoms with van der Waals surface area (Å²) in [6, 6.07) is 7.56. The highest BCUT2D eigenvalue weighted by atomic mass is 32.1. The van der Waals surface area contributed by atoms with Gasteiger partial charge in [-0.15, -0.1) is 11.3 Å². The number of benzene rings is 1. The molecule has 4 amide bonds. The van der Waals surface area contributed by atoms with Crippen molar-refractivity contribution in [3.05, 3.63) is 41.0 Å². The third-order valence-corrected chi connectivity index (χ3v) is 8.91. The molecule has 2 heterocycles. The van der Waals surface area contributed by atoms with Crippen LogP contribution in [0.4, 0.5) is 0 Å². The van der Waals surface area contributed by atoms with Gasteiger partial charge in [-0.25, -0.2) is 4.98 Å². The highest BCUT2D eigenvalue weighted by molar-refractivity contribution is 7.13.